The third-order valence-electron chi connectivity index (χ3n) is 4.50. The number of aryl methyl sites for hydroxylation is 1. The van der Waals surface area contributed by atoms with E-state index in [4.69, 9.17) is 14.0 Å². The molecule has 4 heterocycles. The van der Waals surface area contributed by atoms with Gasteiger partial charge in [0.1, 0.15) is 4.21 Å². The molecule has 0 atom stereocenters. The zero-order valence-corrected chi connectivity index (χ0v) is 15.4. The molecule has 0 N–H and O–H groups in total. The van der Waals surface area contributed by atoms with Gasteiger partial charge in [0, 0.05) is 43.3 Å². The molecule has 0 saturated carbocycles. The molecule has 1 spiro atoms. The summed E-state index contributed by atoms with van der Waals surface area (Å²) < 4.78 is 44.0. The Morgan fingerprint density at radius 3 is 2.64 bits per heavy atom. The minimum Gasteiger partial charge on any atom is -0.347 e. The van der Waals surface area contributed by atoms with Gasteiger partial charge < -0.3 is 14.0 Å². The zero-order chi connectivity index (χ0) is 17.5. The Morgan fingerprint density at radius 2 is 2.00 bits per heavy atom. The highest BCUT2D eigenvalue weighted by Gasteiger charge is 2.43. The van der Waals surface area contributed by atoms with Gasteiger partial charge >= 0.3 is 0 Å². The van der Waals surface area contributed by atoms with E-state index < -0.39 is 15.8 Å². The van der Waals surface area contributed by atoms with Crippen LogP contribution in [0, 0.1) is 0 Å². The van der Waals surface area contributed by atoms with E-state index in [2.05, 4.69) is 10.1 Å². The fourth-order valence-electron chi connectivity index (χ4n) is 3.06. The first kappa shape index (κ1) is 17.1. The quantitative estimate of drug-likeness (QED) is 0.793. The molecular weight excluding hydrogens is 366 g/mol. The summed E-state index contributed by atoms with van der Waals surface area (Å²) >= 11 is 1.17. The van der Waals surface area contributed by atoms with E-state index in [-0.39, 0.29) is 4.21 Å². The lowest BCUT2D eigenvalue weighted by molar-refractivity contribution is -0.179. The van der Waals surface area contributed by atoms with Gasteiger partial charge in [-0.2, -0.15) is 9.29 Å². The maximum atomic E-state index is 12.9. The highest BCUT2D eigenvalue weighted by molar-refractivity contribution is 7.91. The highest BCUT2D eigenvalue weighted by Crippen LogP contribution is 2.35. The van der Waals surface area contributed by atoms with Crippen molar-refractivity contribution in [2.45, 2.75) is 36.2 Å². The second-order valence-corrected chi connectivity index (χ2v) is 9.11. The normalized spacial score (nSPS) is 21.2. The number of thiophene rings is 1. The first-order valence-electron chi connectivity index (χ1n) is 8.22. The molecule has 2 aromatic rings. The number of nitrogens with zero attached hydrogens (tertiary/aromatic N) is 3. The summed E-state index contributed by atoms with van der Waals surface area (Å²) in [6.07, 6.45) is 1.74. The van der Waals surface area contributed by atoms with E-state index in [0.717, 1.165) is 0 Å². The van der Waals surface area contributed by atoms with Gasteiger partial charge in [-0.05, 0) is 6.07 Å². The molecule has 2 saturated heterocycles. The van der Waals surface area contributed by atoms with E-state index in [9.17, 15) is 8.42 Å². The minimum atomic E-state index is -3.54. The molecule has 25 heavy (non-hydrogen) atoms. The molecule has 2 aliphatic heterocycles. The summed E-state index contributed by atoms with van der Waals surface area (Å²) in [5.41, 5.74) is 0.656. The molecule has 0 aromatic carbocycles. The predicted octanol–water partition coefficient (Wildman–Crippen LogP) is 1.89. The van der Waals surface area contributed by atoms with E-state index in [1.165, 1.54) is 15.6 Å². The second kappa shape index (κ2) is 6.44. The third-order valence-corrected chi connectivity index (χ3v) is 7.81. The van der Waals surface area contributed by atoms with Gasteiger partial charge in [-0.25, -0.2) is 8.42 Å². The first-order valence-corrected chi connectivity index (χ1v) is 10.5. The van der Waals surface area contributed by atoms with E-state index >= 15 is 0 Å². The van der Waals surface area contributed by atoms with Crippen molar-refractivity contribution in [1.82, 2.24) is 14.4 Å². The Kier molecular flexibility index (Phi) is 4.40. The summed E-state index contributed by atoms with van der Waals surface area (Å²) in [6.45, 7) is 3.84. The Balaban J connectivity index is 1.51. The fourth-order valence-corrected chi connectivity index (χ4v) is 5.82. The SMILES string of the molecule is CCc1nc(-c2csc(S(=O)(=O)N3CCC4(CC3)OCCO4)c2)no1. The molecule has 2 aliphatic rings. The number of rotatable bonds is 4. The van der Waals surface area contributed by atoms with Crippen LogP contribution < -0.4 is 0 Å². The van der Waals surface area contributed by atoms with Crippen LogP contribution in [-0.2, 0) is 25.9 Å². The molecule has 0 radical (unpaired) electrons. The monoisotopic (exact) mass is 385 g/mol. The zero-order valence-electron chi connectivity index (χ0n) is 13.8. The van der Waals surface area contributed by atoms with Crippen LogP contribution >= 0.6 is 11.3 Å². The largest absolute Gasteiger partial charge is 0.347 e. The van der Waals surface area contributed by atoms with Gasteiger partial charge in [0.15, 0.2) is 5.79 Å². The van der Waals surface area contributed by atoms with Crippen molar-refractivity contribution in [1.29, 1.82) is 0 Å². The van der Waals surface area contributed by atoms with Crippen molar-refractivity contribution in [3.05, 3.63) is 17.3 Å². The summed E-state index contributed by atoms with van der Waals surface area (Å²) in [6, 6.07) is 1.61. The van der Waals surface area contributed by atoms with Crippen LogP contribution in [0.5, 0.6) is 0 Å². The molecule has 4 rings (SSSR count). The minimum absolute atomic E-state index is 0.287. The van der Waals surface area contributed by atoms with Crippen molar-refractivity contribution in [3.8, 4) is 11.4 Å². The van der Waals surface area contributed by atoms with Gasteiger partial charge in [-0.3, -0.25) is 0 Å². The maximum Gasteiger partial charge on any atom is 0.252 e. The van der Waals surface area contributed by atoms with E-state index in [0.29, 0.717) is 62.8 Å². The lowest BCUT2D eigenvalue weighted by atomic mass is 10.1. The topological polar surface area (TPSA) is 94.8 Å². The number of piperidine rings is 1. The number of aromatic nitrogens is 2. The Hall–Kier alpha value is -1.33. The van der Waals surface area contributed by atoms with Crippen LogP contribution in [0.15, 0.2) is 20.2 Å². The summed E-state index contributed by atoms with van der Waals surface area (Å²) in [5.74, 6) is 0.358. The van der Waals surface area contributed by atoms with Crippen molar-refractivity contribution in [3.63, 3.8) is 0 Å². The highest BCUT2D eigenvalue weighted by atomic mass is 32.2. The van der Waals surface area contributed by atoms with Crippen LogP contribution in [0.1, 0.15) is 25.7 Å². The third kappa shape index (κ3) is 3.13. The van der Waals surface area contributed by atoms with E-state index in [1.54, 1.807) is 11.4 Å². The number of hydrogen-bond acceptors (Lipinski definition) is 8. The fraction of sp³-hybridized carbons (Fsp3) is 0.600. The van der Waals surface area contributed by atoms with Crippen molar-refractivity contribution in [2.75, 3.05) is 26.3 Å². The molecule has 136 valence electrons. The summed E-state index contributed by atoms with van der Waals surface area (Å²) in [7, 11) is -3.54. The predicted molar refractivity (Wildman–Crippen MR) is 89.6 cm³/mol. The molecule has 0 aliphatic carbocycles. The van der Waals surface area contributed by atoms with Crippen LogP contribution in [-0.4, -0.2) is 55.0 Å². The smallest absolute Gasteiger partial charge is 0.252 e. The number of ether oxygens (including phenoxy) is 2. The summed E-state index contributed by atoms with van der Waals surface area (Å²) in [4.78, 5) is 4.24. The molecule has 0 bridgehead atoms. The standard InChI is InChI=1S/C15H19N3O5S2/c1-2-12-16-14(17-23-12)11-9-13(24-10-11)25(19,20)18-5-3-15(4-6-18)21-7-8-22-15/h9-10H,2-8H2,1H3. The van der Waals surface area contributed by atoms with Gasteiger partial charge in [0.25, 0.3) is 10.0 Å². The lowest BCUT2D eigenvalue weighted by Gasteiger charge is -2.36. The maximum absolute atomic E-state index is 12.9. The van der Waals surface area contributed by atoms with Crippen LogP contribution in [0.2, 0.25) is 0 Å². The number of sulfonamides is 1. The van der Waals surface area contributed by atoms with Crippen LogP contribution in [0.4, 0.5) is 0 Å². The van der Waals surface area contributed by atoms with Crippen molar-refractivity contribution >= 4 is 21.4 Å². The van der Waals surface area contributed by atoms with Gasteiger partial charge in [0.2, 0.25) is 11.7 Å². The molecule has 8 nitrogen and oxygen atoms in total. The average Bonchev–Trinajstić information content (AvgIpc) is 3.35. The van der Waals surface area contributed by atoms with Gasteiger partial charge in [-0.15, -0.1) is 11.3 Å². The van der Waals surface area contributed by atoms with Crippen LogP contribution in [0.3, 0.4) is 0 Å². The average molecular weight is 385 g/mol. The molecular formula is C15H19N3O5S2. The lowest BCUT2D eigenvalue weighted by Crippen LogP contribution is -2.47. The van der Waals surface area contributed by atoms with Crippen molar-refractivity contribution < 1.29 is 22.4 Å². The molecule has 0 unspecified atom stereocenters. The first-order chi connectivity index (χ1) is 12.0. The Morgan fingerprint density at radius 1 is 1.28 bits per heavy atom. The van der Waals surface area contributed by atoms with E-state index in [1.807, 2.05) is 6.92 Å². The second-order valence-electron chi connectivity index (χ2n) is 6.03. The molecule has 10 heteroatoms. The summed E-state index contributed by atoms with van der Waals surface area (Å²) in [5, 5.41) is 5.63. The van der Waals surface area contributed by atoms with Crippen molar-refractivity contribution in [2.24, 2.45) is 0 Å². The number of hydrogen-bond donors (Lipinski definition) is 0. The Bertz CT molecular complexity index is 844. The van der Waals surface area contributed by atoms with Gasteiger partial charge in [-0.1, -0.05) is 12.1 Å². The van der Waals surface area contributed by atoms with Crippen LogP contribution in [0.25, 0.3) is 11.4 Å². The Labute approximate surface area is 149 Å². The van der Waals surface area contributed by atoms with Gasteiger partial charge in [0.05, 0.1) is 13.2 Å². The molecule has 2 fully saturated rings. The molecule has 2 aromatic heterocycles. The molecule has 0 amide bonds.